The summed E-state index contributed by atoms with van der Waals surface area (Å²) in [5.74, 6) is 0.677. The Morgan fingerprint density at radius 2 is 1.82 bits per heavy atom. The zero-order chi connectivity index (χ0) is 12.6. The summed E-state index contributed by atoms with van der Waals surface area (Å²) in [5.41, 5.74) is 11.3. The monoisotopic (exact) mass is 255 g/mol. The van der Waals surface area contributed by atoms with Gasteiger partial charge in [0.25, 0.3) is 11.8 Å². The molecule has 8 nitrogen and oxygen atoms in total. The molecule has 0 aromatic carbocycles. The molecule has 0 aliphatic rings. The normalized spacial score (nSPS) is 10.5. The molecule has 2 rings (SSSR count). The Morgan fingerprint density at radius 1 is 1.12 bits per heavy atom. The van der Waals surface area contributed by atoms with Gasteiger partial charge in [-0.2, -0.15) is 4.98 Å². The van der Waals surface area contributed by atoms with Crippen LogP contribution in [-0.2, 0) is 0 Å². The SMILES string of the molecule is CN(C)c1noc(-c2nc(Cl)c(N)nc2N)n1. The number of anilines is 3. The van der Waals surface area contributed by atoms with Crippen LogP contribution in [0.25, 0.3) is 11.6 Å². The fourth-order valence-electron chi connectivity index (χ4n) is 1.09. The summed E-state index contributed by atoms with van der Waals surface area (Å²) in [7, 11) is 3.55. The number of rotatable bonds is 2. The molecule has 0 spiro atoms. The zero-order valence-electron chi connectivity index (χ0n) is 9.18. The molecule has 0 bridgehead atoms. The van der Waals surface area contributed by atoms with Crippen molar-refractivity contribution < 1.29 is 4.52 Å². The van der Waals surface area contributed by atoms with E-state index in [1.165, 1.54) is 0 Å². The van der Waals surface area contributed by atoms with Crippen molar-refractivity contribution in [3.8, 4) is 11.6 Å². The van der Waals surface area contributed by atoms with Crippen molar-refractivity contribution in [3.05, 3.63) is 5.15 Å². The molecule has 0 amide bonds. The van der Waals surface area contributed by atoms with Crippen LogP contribution >= 0.6 is 11.6 Å². The summed E-state index contributed by atoms with van der Waals surface area (Å²) in [6.45, 7) is 0. The summed E-state index contributed by atoms with van der Waals surface area (Å²) >= 11 is 5.75. The number of hydrogen-bond donors (Lipinski definition) is 2. The highest BCUT2D eigenvalue weighted by Gasteiger charge is 2.17. The van der Waals surface area contributed by atoms with Gasteiger partial charge < -0.3 is 20.9 Å². The molecule has 4 N–H and O–H groups in total. The first kappa shape index (κ1) is 11.4. The first-order valence-corrected chi connectivity index (χ1v) is 4.96. The number of nitrogen functional groups attached to an aromatic ring is 2. The minimum absolute atomic E-state index is 0.0406. The molecule has 17 heavy (non-hydrogen) atoms. The summed E-state index contributed by atoms with van der Waals surface area (Å²) in [5, 5.41) is 3.77. The van der Waals surface area contributed by atoms with Gasteiger partial charge in [0.2, 0.25) is 0 Å². The van der Waals surface area contributed by atoms with E-state index in [1.54, 1.807) is 19.0 Å². The molecule has 0 saturated heterocycles. The average Bonchev–Trinajstić information content (AvgIpc) is 2.72. The molecule has 0 aliphatic heterocycles. The predicted molar refractivity (Wildman–Crippen MR) is 63.5 cm³/mol. The lowest BCUT2D eigenvalue weighted by Crippen LogP contribution is -2.10. The fraction of sp³-hybridized carbons (Fsp3) is 0.250. The quantitative estimate of drug-likeness (QED) is 0.792. The number of nitrogens with two attached hydrogens (primary N) is 2. The molecule has 0 saturated carbocycles. The fourth-order valence-corrected chi connectivity index (χ4v) is 1.22. The van der Waals surface area contributed by atoms with Crippen LogP contribution < -0.4 is 16.4 Å². The van der Waals surface area contributed by atoms with Crippen molar-refractivity contribution in [2.24, 2.45) is 0 Å². The second-order valence-corrected chi connectivity index (χ2v) is 3.79. The van der Waals surface area contributed by atoms with Crippen LogP contribution in [-0.4, -0.2) is 34.2 Å². The van der Waals surface area contributed by atoms with Gasteiger partial charge in [0.1, 0.15) is 0 Å². The smallest absolute Gasteiger partial charge is 0.282 e. The standard InChI is InChI=1S/C8H10ClN7O/c1-16(2)8-14-7(17-15-8)3-5(10)13-6(11)4(9)12-3/h1-2H3,(H4,10,11,13). The molecule has 2 aromatic heterocycles. The van der Waals surface area contributed by atoms with Crippen LogP contribution in [0.3, 0.4) is 0 Å². The van der Waals surface area contributed by atoms with Crippen LogP contribution in [0.4, 0.5) is 17.6 Å². The minimum atomic E-state index is 0.0406. The number of nitrogens with zero attached hydrogens (tertiary/aromatic N) is 5. The van der Waals surface area contributed by atoms with Crippen molar-refractivity contribution in [1.29, 1.82) is 0 Å². The molecule has 2 aromatic rings. The Balaban J connectivity index is 2.49. The lowest BCUT2D eigenvalue weighted by molar-refractivity contribution is 0.429. The molecule has 0 unspecified atom stereocenters. The van der Waals surface area contributed by atoms with Gasteiger partial charge in [0.15, 0.2) is 22.5 Å². The maximum Gasteiger partial charge on any atom is 0.282 e. The van der Waals surface area contributed by atoms with Crippen molar-refractivity contribution >= 4 is 29.2 Å². The van der Waals surface area contributed by atoms with E-state index in [2.05, 4.69) is 20.1 Å². The lowest BCUT2D eigenvalue weighted by Gasteiger charge is -2.03. The number of hydrogen-bond acceptors (Lipinski definition) is 8. The lowest BCUT2D eigenvalue weighted by atomic mass is 10.4. The molecule has 9 heteroatoms. The zero-order valence-corrected chi connectivity index (χ0v) is 9.93. The van der Waals surface area contributed by atoms with Crippen molar-refractivity contribution in [1.82, 2.24) is 20.1 Å². The van der Waals surface area contributed by atoms with E-state index in [9.17, 15) is 0 Å². The van der Waals surface area contributed by atoms with Crippen LogP contribution in [0, 0.1) is 0 Å². The van der Waals surface area contributed by atoms with Gasteiger partial charge in [-0.15, -0.1) is 0 Å². The van der Waals surface area contributed by atoms with Crippen LogP contribution in [0.5, 0.6) is 0 Å². The first-order chi connectivity index (χ1) is 7.99. The highest BCUT2D eigenvalue weighted by atomic mass is 35.5. The van der Waals surface area contributed by atoms with Gasteiger partial charge in [0.05, 0.1) is 0 Å². The van der Waals surface area contributed by atoms with Gasteiger partial charge in [0, 0.05) is 14.1 Å². The Kier molecular flexibility index (Phi) is 2.72. The van der Waals surface area contributed by atoms with Gasteiger partial charge in [-0.05, 0) is 5.16 Å². The van der Waals surface area contributed by atoms with Crippen LogP contribution in [0.1, 0.15) is 0 Å². The van der Waals surface area contributed by atoms with Crippen molar-refractivity contribution in [2.45, 2.75) is 0 Å². The molecule has 90 valence electrons. The van der Waals surface area contributed by atoms with Crippen LogP contribution in [0.2, 0.25) is 5.15 Å². The minimum Gasteiger partial charge on any atom is -0.382 e. The summed E-state index contributed by atoms with van der Waals surface area (Å²) in [4.78, 5) is 13.5. The van der Waals surface area contributed by atoms with Crippen molar-refractivity contribution in [3.63, 3.8) is 0 Å². The second kappa shape index (κ2) is 4.06. The number of halogens is 1. The third kappa shape index (κ3) is 2.07. The van der Waals surface area contributed by atoms with Crippen LogP contribution in [0.15, 0.2) is 4.52 Å². The van der Waals surface area contributed by atoms with Crippen molar-refractivity contribution in [2.75, 3.05) is 30.5 Å². The van der Waals surface area contributed by atoms with E-state index in [0.29, 0.717) is 5.95 Å². The third-order valence-electron chi connectivity index (χ3n) is 1.92. The summed E-state index contributed by atoms with van der Waals surface area (Å²) in [6.07, 6.45) is 0. The van der Waals surface area contributed by atoms with Gasteiger partial charge >= 0.3 is 0 Å². The topological polar surface area (TPSA) is 120 Å². The number of aromatic nitrogens is 4. The summed E-state index contributed by atoms with van der Waals surface area (Å²) < 4.78 is 5.00. The van der Waals surface area contributed by atoms with Gasteiger partial charge in [-0.3, -0.25) is 0 Å². The highest BCUT2D eigenvalue weighted by Crippen LogP contribution is 2.26. The van der Waals surface area contributed by atoms with Gasteiger partial charge in [-0.25, -0.2) is 9.97 Å². The molecular weight excluding hydrogens is 246 g/mol. The van der Waals surface area contributed by atoms with E-state index >= 15 is 0 Å². The third-order valence-corrected chi connectivity index (χ3v) is 2.20. The van der Waals surface area contributed by atoms with E-state index in [1.807, 2.05) is 0 Å². The maximum absolute atomic E-state index is 5.75. The molecule has 0 aliphatic carbocycles. The Morgan fingerprint density at radius 3 is 2.41 bits per heavy atom. The van der Waals surface area contributed by atoms with E-state index in [-0.39, 0.29) is 28.4 Å². The Labute approximate surface area is 102 Å². The molecule has 0 radical (unpaired) electrons. The Hall–Kier alpha value is -2.09. The molecule has 2 heterocycles. The van der Waals surface area contributed by atoms with E-state index in [0.717, 1.165) is 0 Å². The highest BCUT2D eigenvalue weighted by molar-refractivity contribution is 6.31. The molecule has 0 fully saturated rings. The van der Waals surface area contributed by atoms with E-state index < -0.39 is 0 Å². The first-order valence-electron chi connectivity index (χ1n) is 4.59. The second-order valence-electron chi connectivity index (χ2n) is 3.43. The predicted octanol–water partition coefficient (Wildman–Crippen LogP) is 0.410. The molecule has 0 atom stereocenters. The maximum atomic E-state index is 5.75. The summed E-state index contributed by atoms with van der Waals surface area (Å²) in [6, 6.07) is 0. The average molecular weight is 256 g/mol. The Bertz CT molecular complexity index is 553. The molecular formula is C8H10ClN7O. The largest absolute Gasteiger partial charge is 0.382 e. The van der Waals surface area contributed by atoms with E-state index in [4.69, 9.17) is 27.6 Å². The van der Waals surface area contributed by atoms with Gasteiger partial charge in [-0.1, -0.05) is 11.6 Å².